The Balaban J connectivity index is 1.82. The van der Waals surface area contributed by atoms with Crippen LogP contribution in [0.25, 0.3) is 0 Å². The smallest absolute Gasteiger partial charge is 0.329 e. The quantitative estimate of drug-likeness (QED) is 0.760. The Morgan fingerprint density at radius 2 is 2.14 bits per heavy atom. The molecule has 2 rings (SSSR count). The molecule has 0 atom stereocenters. The zero-order chi connectivity index (χ0) is 15.3. The van der Waals surface area contributed by atoms with Crippen molar-refractivity contribution in [2.75, 3.05) is 6.54 Å². The van der Waals surface area contributed by atoms with E-state index in [0.717, 1.165) is 12.8 Å². The molecule has 3 N–H and O–H groups in total. The number of hydrogen-bond donors (Lipinski definition) is 3. The summed E-state index contributed by atoms with van der Waals surface area (Å²) in [5.41, 5.74) is -1.12. The maximum atomic E-state index is 11.9. The van der Waals surface area contributed by atoms with Gasteiger partial charge in [-0.05, 0) is 37.7 Å². The summed E-state index contributed by atoms with van der Waals surface area (Å²) in [6.07, 6.45) is 6.08. The molecule has 1 aromatic rings. The minimum atomic E-state index is -1.12. The van der Waals surface area contributed by atoms with Gasteiger partial charge in [-0.1, -0.05) is 6.92 Å². The standard InChI is InChI=1S/C14H22N4O3/c1-11-3-5-14(6-4-11,12(19)20)17-13(21)15-8-10-18-9-2-7-16-18/h2,7,9,11H,3-6,8,10H2,1H3,(H,19,20)(H2,15,17,21). The minimum Gasteiger partial charge on any atom is -0.480 e. The number of carboxylic acid groups (broad SMARTS) is 1. The zero-order valence-corrected chi connectivity index (χ0v) is 12.2. The van der Waals surface area contributed by atoms with E-state index in [0.29, 0.717) is 31.8 Å². The number of aliphatic carboxylic acids is 1. The van der Waals surface area contributed by atoms with Gasteiger partial charge in [0.2, 0.25) is 0 Å². The van der Waals surface area contributed by atoms with Crippen molar-refractivity contribution in [3.05, 3.63) is 18.5 Å². The first-order chi connectivity index (χ1) is 10.0. The number of hydrogen-bond acceptors (Lipinski definition) is 3. The Bertz CT molecular complexity index is 478. The second kappa shape index (κ2) is 6.60. The fourth-order valence-electron chi connectivity index (χ4n) is 2.63. The van der Waals surface area contributed by atoms with Gasteiger partial charge in [0.25, 0.3) is 0 Å². The molecule has 0 bridgehead atoms. The predicted octanol–water partition coefficient (Wildman–Crippen LogP) is 1.22. The first-order valence-electron chi connectivity index (χ1n) is 7.29. The van der Waals surface area contributed by atoms with Crippen molar-refractivity contribution in [1.82, 2.24) is 20.4 Å². The van der Waals surface area contributed by atoms with Crippen molar-refractivity contribution < 1.29 is 14.7 Å². The van der Waals surface area contributed by atoms with Crippen LogP contribution in [0.15, 0.2) is 18.5 Å². The second-order valence-corrected chi connectivity index (χ2v) is 5.72. The van der Waals surface area contributed by atoms with E-state index in [1.807, 2.05) is 6.07 Å². The summed E-state index contributed by atoms with van der Waals surface area (Å²) < 4.78 is 1.70. The zero-order valence-electron chi connectivity index (χ0n) is 12.2. The molecule has 0 spiro atoms. The van der Waals surface area contributed by atoms with Gasteiger partial charge in [-0.2, -0.15) is 5.10 Å². The highest BCUT2D eigenvalue weighted by Gasteiger charge is 2.42. The summed E-state index contributed by atoms with van der Waals surface area (Å²) >= 11 is 0. The number of nitrogens with one attached hydrogen (secondary N) is 2. The van der Waals surface area contributed by atoms with Crippen LogP contribution in [-0.4, -0.2) is 39.0 Å². The fourth-order valence-corrected chi connectivity index (χ4v) is 2.63. The summed E-state index contributed by atoms with van der Waals surface area (Å²) in [6, 6.07) is 1.38. The van der Waals surface area contributed by atoms with Gasteiger partial charge in [0.1, 0.15) is 5.54 Å². The number of carbonyl (C=O) groups excluding carboxylic acids is 1. The van der Waals surface area contributed by atoms with Gasteiger partial charge in [0.15, 0.2) is 0 Å². The van der Waals surface area contributed by atoms with Crippen LogP contribution in [0.4, 0.5) is 4.79 Å². The third-order valence-electron chi connectivity index (χ3n) is 4.08. The fraction of sp³-hybridized carbons (Fsp3) is 0.643. The number of rotatable bonds is 5. The summed E-state index contributed by atoms with van der Waals surface area (Å²) in [5.74, 6) is -0.432. The number of carbonyl (C=O) groups is 2. The van der Waals surface area contributed by atoms with Crippen molar-refractivity contribution in [3.8, 4) is 0 Å². The SMILES string of the molecule is CC1CCC(NC(=O)NCCn2cccn2)(C(=O)O)CC1. The highest BCUT2D eigenvalue weighted by molar-refractivity contribution is 5.86. The molecule has 116 valence electrons. The highest BCUT2D eigenvalue weighted by atomic mass is 16.4. The Hall–Kier alpha value is -2.05. The Kier molecular flexibility index (Phi) is 4.82. The maximum absolute atomic E-state index is 11.9. The van der Waals surface area contributed by atoms with E-state index in [2.05, 4.69) is 22.7 Å². The number of urea groups is 1. The molecule has 1 fully saturated rings. The summed E-state index contributed by atoms with van der Waals surface area (Å²) in [5, 5.41) is 18.8. The molecule has 0 aromatic carbocycles. The third kappa shape index (κ3) is 3.96. The first-order valence-corrected chi connectivity index (χ1v) is 7.29. The van der Waals surface area contributed by atoms with Gasteiger partial charge in [-0.15, -0.1) is 0 Å². The van der Waals surface area contributed by atoms with Gasteiger partial charge in [0, 0.05) is 18.9 Å². The summed E-state index contributed by atoms with van der Waals surface area (Å²) in [7, 11) is 0. The van der Waals surface area contributed by atoms with E-state index in [1.165, 1.54) is 0 Å². The summed E-state index contributed by atoms with van der Waals surface area (Å²) in [6.45, 7) is 3.06. The van der Waals surface area contributed by atoms with E-state index in [9.17, 15) is 14.7 Å². The molecule has 1 saturated carbocycles. The van der Waals surface area contributed by atoms with Crippen molar-refractivity contribution in [1.29, 1.82) is 0 Å². The highest BCUT2D eigenvalue weighted by Crippen LogP contribution is 2.32. The molecule has 2 amide bonds. The molecule has 1 aromatic heterocycles. The van der Waals surface area contributed by atoms with Crippen molar-refractivity contribution in [3.63, 3.8) is 0 Å². The van der Waals surface area contributed by atoms with Crippen molar-refractivity contribution in [2.45, 2.75) is 44.7 Å². The Labute approximate surface area is 123 Å². The molecule has 7 heteroatoms. The van der Waals surface area contributed by atoms with Crippen molar-refractivity contribution >= 4 is 12.0 Å². The van der Waals surface area contributed by atoms with Gasteiger partial charge in [-0.3, -0.25) is 4.68 Å². The van der Waals surface area contributed by atoms with E-state index in [4.69, 9.17) is 0 Å². The van der Waals surface area contributed by atoms with E-state index >= 15 is 0 Å². The molecule has 0 unspecified atom stereocenters. The number of amides is 2. The van der Waals surface area contributed by atoms with E-state index in [1.54, 1.807) is 17.1 Å². The van der Waals surface area contributed by atoms with Crippen LogP contribution in [0.2, 0.25) is 0 Å². The lowest BCUT2D eigenvalue weighted by atomic mass is 9.77. The van der Waals surface area contributed by atoms with Crippen LogP contribution < -0.4 is 10.6 Å². The van der Waals surface area contributed by atoms with Crippen LogP contribution in [0.3, 0.4) is 0 Å². The van der Waals surface area contributed by atoms with E-state index in [-0.39, 0.29) is 0 Å². The summed E-state index contributed by atoms with van der Waals surface area (Å²) in [4.78, 5) is 23.4. The van der Waals surface area contributed by atoms with Crippen LogP contribution in [0, 0.1) is 5.92 Å². The minimum absolute atomic E-state index is 0.402. The molecule has 0 saturated heterocycles. The number of carboxylic acids is 1. The van der Waals surface area contributed by atoms with Gasteiger partial charge in [-0.25, -0.2) is 9.59 Å². The molecule has 7 nitrogen and oxygen atoms in total. The van der Waals surface area contributed by atoms with Crippen LogP contribution >= 0.6 is 0 Å². The lowest BCUT2D eigenvalue weighted by molar-refractivity contribution is -0.146. The van der Waals surface area contributed by atoms with Crippen LogP contribution in [0.5, 0.6) is 0 Å². The largest absolute Gasteiger partial charge is 0.480 e. The molecular formula is C14H22N4O3. The van der Waals surface area contributed by atoms with Gasteiger partial charge >= 0.3 is 12.0 Å². The normalized spacial score (nSPS) is 25.3. The monoisotopic (exact) mass is 294 g/mol. The molecule has 1 aliphatic rings. The first kappa shape index (κ1) is 15.3. The number of nitrogens with zero attached hydrogens (tertiary/aromatic N) is 2. The average molecular weight is 294 g/mol. The second-order valence-electron chi connectivity index (χ2n) is 5.72. The molecular weight excluding hydrogens is 272 g/mol. The third-order valence-corrected chi connectivity index (χ3v) is 4.08. The molecule has 1 heterocycles. The van der Waals surface area contributed by atoms with Gasteiger partial charge < -0.3 is 15.7 Å². The van der Waals surface area contributed by atoms with Crippen LogP contribution in [0.1, 0.15) is 32.6 Å². The van der Waals surface area contributed by atoms with Crippen LogP contribution in [-0.2, 0) is 11.3 Å². The molecule has 0 aliphatic heterocycles. The topological polar surface area (TPSA) is 96.3 Å². The Morgan fingerprint density at radius 3 is 2.71 bits per heavy atom. The molecule has 1 aliphatic carbocycles. The Morgan fingerprint density at radius 1 is 1.43 bits per heavy atom. The lowest BCUT2D eigenvalue weighted by Crippen LogP contribution is -2.58. The van der Waals surface area contributed by atoms with E-state index < -0.39 is 17.5 Å². The molecule has 0 radical (unpaired) electrons. The lowest BCUT2D eigenvalue weighted by Gasteiger charge is -2.36. The van der Waals surface area contributed by atoms with Crippen molar-refractivity contribution in [2.24, 2.45) is 5.92 Å². The predicted molar refractivity (Wildman–Crippen MR) is 76.8 cm³/mol. The molecule has 21 heavy (non-hydrogen) atoms. The van der Waals surface area contributed by atoms with Gasteiger partial charge in [0.05, 0.1) is 6.54 Å². The maximum Gasteiger partial charge on any atom is 0.329 e. The number of aromatic nitrogens is 2. The average Bonchev–Trinajstić information content (AvgIpc) is 2.94.